The average Bonchev–Trinajstić information content (AvgIpc) is 2.51. The molecule has 3 aromatic carbocycles. The van der Waals surface area contributed by atoms with E-state index >= 15 is 0 Å². The molecule has 2 nitrogen and oxygen atoms in total. The van der Waals surface area contributed by atoms with Gasteiger partial charge in [-0.15, -0.1) is 0 Å². The number of rotatable bonds is 0. The second-order valence-electron chi connectivity index (χ2n) is 5.68. The number of aliphatic hydroxyl groups is 2. The molecule has 21 heavy (non-hydrogen) atoms. The number of hydrogen-bond acceptors (Lipinski definition) is 2. The van der Waals surface area contributed by atoms with Crippen LogP contribution >= 0.6 is 0 Å². The van der Waals surface area contributed by atoms with E-state index < -0.39 is 12.2 Å². The van der Waals surface area contributed by atoms with Crippen LogP contribution in [0.1, 0.15) is 22.8 Å². The minimum atomic E-state index is -0.846. The summed E-state index contributed by atoms with van der Waals surface area (Å²) >= 11 is 0. The molecule has 0 aromatic heterocycles. The molecule has 0 fully saturated rings. The van der Waals surface area contributed by atoms with Crippen LogP contribution < -0.4 is 0 Å². The topological polar surface area (TPSA) is 40.5 Å². The van der Waals surface area contributed by atoms with E-state index in [0.29, 0.717) is 0 Å². The maximum atomic E-state index is 10.2. The van der Waals surface area contributed by atoms with Crippen LogP contribution in [0.15, 0.2) is 48.5 Å². The van der Waals surface area contributed by atoms with Gasteiger partial charge in [0.05, 0.1) is 0 Å². The van der Waals surface area contributed by atoms with Gasteiger partial charge in [-0.2, -0.15) is 0 Å². The third kappa shape index (κ3) is 1.73. The van der Waals surface area contributed by atoms with Crippen molar-refractivity contribution in [3.8, 4) is 0 Å². The van der Waals surface area contributed by atoms with Crippen molar-refractivity contribution in [2.45, 2.75) is 19.1 Å². The lowest BCUT2D eigenvalue weighted by molar-refractivity contribution is 0.0471. The molecule has 2 atom stereocenters. The van der Waals surface area contributed by atoms with E-state index in [9.17, 15) is 10.2 Å². The normalized spacial score (nSPS) is 20.9. The molecule has 0 radical (unpaired) electrons. The molecule has 1 aliphatic rings. The van der Waals surface area contributed by atoms with Crippen LogP contribution in [0.3, 0.4) is 0 Å². The molecule has 4 rings (SSSR count). The fourth-order valence-electron chi connectivity index (χ4n) is 3.33. The molecule has 2 N–H and O–H groups in total. The molecular weight excluding hydrogens is 260 g/mol. The highest BCUT2D eigenvalue weighted by atomic mass is 16.3. The summed E-state index contributed by atoms with van der Waals surface area (Å²) < 4.78 is 0. The average molecular weight is 276 g/mol. The van der Waals surface area contributed by atoms with Crippen molar-refractivity contribution in [1.29, 1.82) is 0 Å². The summed E-state index contributed by atoms with van der Waals surface area (Å²) in [6.07, 6.45) is 1.91. The number of aryl methyl sites for hydroxylation is 1. The lowest BCUT2D eigenvalue weighted by Gasteiger charge is -2.23. The first-order valence-electron chi connectivity index (χ1n) is 7.16. The van der Waals surface area contributed by atoms with Crippen molar-refractivity contribution >= 4 is 27.6 Å². The van der Waals surface area contributed by atoms with Crippen LogP contribution in [0.5, 0.6) is 0 Å². The van der Waals surface area contributed by atoms with Crippen molar-refractivity contribution in [1.82, 2.24) is 0 Å². The second kappa shape index (κ2) is 4.42. The lowest BCUT2D eigenvalue weighted by Crippen LogP contribution is -2.19. The summed E-state index contributed by atoms with van der Waals surface area (Å²) in [5.41, 5.74) is 3.06. The van der Waals surface area contributed by atoms with Gasteiger partial charge in [0, 0.05) is 0 Å². The Hall–Kier alpha value is -2.16. The van der Waals surface area contributed by atoms with Gasteiger partial charge in [0.2, 0.25) is 0 Å². The molecule has 1 aliphatic carbocycles. The first-order chi connectivity index (χ1) is 10.2. The van der Waals surface area contributed by atoms with Crippen LogP contribution in [0.2, 0.25) is 0 Å². The fraction of sp³-hybridized carbons (Fsp3) is 0.158. The molecule has 0 saturated carbocycles. The molecule has 3 aromatic rings. The highest BCUT2D eigenvalue weighted by Crippen LogP contribution is 2.37. The Morgan fingerprint density at radius 2 is 1.71 bits per heavy atom. The van der Waals surface area contributed by atoms with E-state index in [4.69, 9.17) is 0 Å². The minimum Gasteiger partial charge on any atom is -0.386 e. The molecule has 0 aliphatic heterocycles. The maximum Gasteiger partial charge on any atom is 0.109 e. The number of fused-ring (bicyclic) bond motifs is 4. The quantitative estimate of drug-likeness (QED) is 0.614. The van der Waals surface area contributed by atoms with Gasteiger partial charge in [0.1, 0.15) is 12.2 Å². The zero-order chi connectivity index (χ0) is 14.6. The van der Waals surface area contributed by atoms with Crippen molar-refractivity contribution < 1.29 is 10.2 Å². The summed E-state index contributed by atoms with van der Waals surface area (Å²) in [7, 11) is 0. The van der Waals surface area contributed by atoms with E-state index in [-0.39, 0.29) is 0 Å². The maximum absolute atomic E-state index is 10.2. The Labute approximate surface area is 123 Å². The minimum absolute atomic E-state index is 0.798. The Morgan fingerprint density at radius 1 is 0.905 bits per heavy atom. The van der Waals surface area contributed by atoms with Crippen molar-refractivity contribution in [3.05, 3.63) is 65.2 Å². The SMILES string of the molecule is Cc1c2ccccc2cc2c3c(ccc12)C(O)C(O)C=C3. The van der Waals surface area contributed by atoms with Gasteiger partial charge < -0.3 is 10.2 Å². The Kier molecular flexibility index (Phi) is 2.64. The summed E-state index contributed by atoms with van der Waals surface area (Å²) in [5, 5.41) is 24.7. The Morgan fingerprint density at radius 3 is 2.57 bits per heavy atom. The number of benzene rings is 3. The Bertz CT molecular complexity index is 893. The van der Waals surface area contributed by atoms with Gasteiger partial charge >= 0.3 is 0 Å². The van der Waals surface area contributed by atoms with Crippen LogP contribution in [-0.4, -0.2) is 16.3 Å². The van der Waals surface area contributed by atoms with Crippen molar-refractivity contribution in [2.75, 3.05) is 0 Å². The van der Waals surface area contributed by atoms with Crippen LogP contribution in [-0.2, 0) is 0 Å². The standard InChI is InChI=1S/C19H16O2/c1-11-13-5-3-2-4-12(13)10-17-14(11)6-7-16-15(17)8-9-18(20)19(16)21/h2-10,18-21H,1H3. The Balaban J connectivity index is 2.15. The van der Waals surface area contributed by atoms with Gasteiger partial charge in [-0.1, -0.05) is 48.6 Å². The van der Waals surface area contributed by atoms with Gasteiger partial charge in [-0.05, 0) is 51.2 Å². The molecule has 0 bridgehead atoms. The first-order valence-corrected chi connectivity index (χ1v) is 7.16. The van der Waals surface area contributed by atoms with E-state index in [2.05, 4.69) is 31.2 Å². The molecule has 2 unspecified atom stereocenters. The predicted octanol–water partition coefficient (Wildman–Crippen LogP) is 3.72. The molecule has 2 heteroatoms. The van der Waals surface area contributed by atoms with Crippen LogP contribution in [0.4, 0.5) is 0 Å². The highest BCUT2D eigenvalue weighted by molar-refractivity contribution is 6.05. The van der Waals surface area contributed by atoms with Crippen molar-refractivity contribution in [3.63, 3.8) is 0 Å². The summed E-state index contributed by atoms with van der Waals surface area (Å²) in [6, 6.07) is 14.5. The smallest absolute Gasteiger partial charge is 0.109 e. The summed E-state index contributed by atoms with van der Waals surface area (Å²) in [6.45, 7) is 2.13. The fourth-order valence-corrected chi connectivity index (χ4v) is 3.33. The van der Waals surface area contributed by atoms with Gasteiger partial charge in [0.15, 0.2) is 0 Å². The third-order valence-corrected chi connectivity index (χ3v) is 4.49. The summed E-state index contributed by atoms with van der Waals surface area (Å²) in [5.74, 6) is 0. The van der Waals surface area contributed by atoms with E-state index in [0.717, 1.165) is 16.5 Å². The lowest BCUT2D eigenvalue weighted by atomic mass is 9.86. The summed E-state index contributed by atoms with van der Waals surface area (Å²) in [4.78, 5) is 0. The van der Waals surface area contributed by atoms with Gasteiger partial charge in [-0.25, -0.2) is 0 Å². The van der Waals surface area contributed by atoms with Crippen molar-refractivity contribution in [2.24, 2.45) is 0 Å². The second-order valence-corrected chi connectivity index (χ2v) is 5.68. The molecule has 104 valence electrons. The zero-order valence-electron chi connectivity index (χ0n) is 11.7. The van der Waals surface area contributed by atoms with Crippen LogP contribution in [0.25, 0.3) is 27.6 Å². The van der Waals surface area contributed by atoms with Gasteiger partial charge in [0.25, 0.3) is 0 Å². The highest BCUT2D eigenvalue weighted by Gasteiger charge is 2.23. The number of hydrogen-bond donors (Lipinski definition) is 2. The van der Waals surface area contributed by atoms with E-state index in [1.165, 1.54) is 21.7 Å². The molecular formula is C19H16O2. The zero-order valence-corrected chi connectivity index (χ0v) is 11.7. The predicted molar refractivity (Wildman–Crippen MR) is 86.2 cm³/mol. The van der Waals surface area contributed by atoms with E-state index in [1.807, 2.05) is 24.3 Å². The largest absolute Gasteiger partial charge is 0.386 e. The molecule has 0 heterocycles. The van der Waals surface area contributed by atoms with E-state index in [1.54, 1.807) is 6.08 Å². The monoisotopic (exact) mass is 276 g/mol. The molecule has 0 amide bonds. The third-order valence-electron chi connectivity index (χ3n) is 4.49. The molecule has 0 saturated heterocycles. The molecule has 0 spiro atoms. The number of aliphatic hydroxyl groups excluding tert-OH is 2. The van der Waals surface area contributed by atoms with Gasteiger partial charge in [-0.3, -0.25) is 0 Å². The van der Waals surface area contributed by atoms with Crippen LogP contribution in [0, 0.1) is 6.92 Å². The first kappa shape index (κ1) is 12.6.